The number of aromatic amines is 1. The van der Waals surface area contributed by atoms with Gasteiger partial charge in [-0.1, -0.05) is 0 Å². The van der Waals surface area contributed by atoms with E-state index in [1.807, 2.05) is 19.1 Å². The highest BCUT2D eigenvalue weighted by atomic mass is 19.1. The number of H-pyrrole nitrogens is 1. The summed E-state index contributed by atoms with van der Waals surface area (Å²) in [6, 6.07) is 8.90. The number of nitrogens with one attached hydrogen (secondary N) is 3. The smallest absolute Gasteiger partial charge is 0.260 e. The molecule has 2 aliphatic rings. The standard InChI is InChI=1S/C27H29FN8O2/c1-16-13-19-20(32-16)6-7-21(24(19)28)38-27-23(26(37)33-17-3-4-17)25(30-15-31-27)34-22-8-5-18(14-29-22)36-11-9-35(2)10-12-36/h5-8,13-15,17,32H,3-4,9-12H2,1-2H3,(H,33,37)(H,29,30,31,34). The van der Waals surface area contributed by atoms with Crippen molar-refractivity contribution >= 4 is 34.1 Å². The zero-order valence-corrected chi connectivity index (χ0v) is 21.3. The number of hydrogen-bond donors (Lipinski definition) is 3. The van der Waals surface area contributed by atoms with Gasteiger partial charge in [-0.2, -0.15) is 0 Å². The summed E-state index contributed by atoms with van der Waals surface area (Å²) in [5.41, 5.74) is 2.62. The molecule has 4 heterocycles. The molecular weight excluding hydrogens is 487 g/mol. The number of piperazine rings is 1. The van der Waals surface area contributed by atoms with Crippen LogP contribution >= 0.6 is 0 Å². The minimum Gasteiger partial charge on any atom is -0.435 e. The van der Waals surface area contributed by atoms with Crippen LogP contribution in [0.1, 0.15) is 28.9 Å². The van der Waals surface area contributed by atoms with E-state index < -0.39 is 11.7 Å². The molecule has 1 amide bonds. The molecule has 1 saturated carbocycles. The molecular formula is C27H29FN8O2. The highest BCUT2D eigenvalue weighted by Crippen LogP contribution is 2.34. The molecule has 0 spiro atoms. The summed E-state index contributed by atoms with van der Waals surface area (Å²) in [5, 5.41) is 6.49. The Balaban J connectivity index is 1.29. The lowest BCUT2D eigenvalue weighted by atomic mass is 10.2. The average molecular weight is 517 g/mol. The van der Waals surface area contributed by atoms with Gasteiger partial charge in [-0.05, 0) is 57.1 Å². The quantitative estimate of drug-likeness (QED) is 0.338. The first-order valence-electron chi connectivity index (χ1n) is 12.7. The van der Waals surface area contributed by atoms with Gasteiger partial charge in [-0.25, -0.2) is 19.3 Å². The van der Waals surface area contributed by atoms with Gasteiger partial charge in [-0.3, -0.25) is 4.79 Å². The fraction of sp³-hybridized carbons (Fsp3) is 0.333. The number of aromatic nitrogens is 4. The number of aryl methyl sites for hydroxylation is 1. The molecule has 38 heavy (non-hydrogen) atoms. The van der Waals surface area contributed by atoms with E-state index in [2.05, 4.69) is 47.4 Å². The monoisotopic (exact) mass is 516 g/mol. The van der Waals surface area contributed by atoms with Crippen molar-refractivity contribution in [2.75, 3.05) is 43.4 Å². The molecule has 6 rings (SSSR count). The molecule has 196 valence electrons. The molecule has 0 bridgehead atoms. The molecule has 1 aliphatic heterocycles. The number of nitrogens with zero attached hydrogens (tertiary/aromatic N) is 5. The second kappa shape index (κ2) is 9.90. The fourth-order valence-electron chi connectivity index (χ4n) is 4.54. The third kappa shape index (κ3) is 4.97. The van der Waals surface area contributed by atoms with Crippen molar-refractivity contribution in [3.05, 3.63) is 59.9 Å². The fourth-order valence-corrected chi connectivity index (χ4v) is 4.54. The van der Waals surface area contributed by atoms with Gasteiger partial charge in [0, 0.05) is 48.8 Å². The van der Waals surface area contributed by atoms with Crippen LogP contribution < -0.4 is 20.3 Å². The molecule has 0 radical (unpaired) electrons. The summed E-state index contributed by atoms with van der Waals surface area (Å²) in [7, 11) is 2.12. The number of amides is 1. The number of likely N-dealkylation sites (N-methyl/N-ethyl adjacent to an activating group) is 1. The van der Waals surface area contributed by atoms with Gasteiger partial charge in [-0.15, -0.1) is 0 Å². The summed E-state index contributed by atoms with van der Waals surface area (Å²) >= 11 is 0. The van der Waals surface area contributed by atoms with E-state index in [1.54, 1.807) is 18.3 Å². The minimum absolute atomic E-state index is 0.0312. The number of hydrogen-bond acceptors (Lipinski definition) is 8. The summed E-state index contributed by atoms with van der Waals surface area (Å²) < 4.78 is 21.2. The molecule has 1 aliphatic carbocycles. The normalized spacial score (nSPS) is 16.0. The Morgan fingerprint density at radius 1 is 1.11 bits per heavy atom. The zero-order valence-electron chi connectivity index (χ0n) is 21.3. The maximum Gasteiger partial charge on any atom is 0.260 e. The lowest BCUT2D eigenvalue weighted by Crippen LogP contribution is -2.44. The first-order chi connectivity index (χ1) is 18.4. The van der Waals surface area contributed by atoms with Crippen molar-refractivity contribution in [1.82, 2.24) is 30.2 Å². The van der Waals surface area contributed by atoms with Crippen molar-refractivity contribution in [2.45, 2.75) is 25.8 Å². The Morgan fingerprint density at radius 3 is 2.66 bits per heavy atom. The van der Waals surface area contributed by atoms with Gasteiger partial charge in [0.15, 0.2) is 17.4 Å². The van der Waals surface area contributed by atoms with Crippen LogP contribution in [0.2, 0.25) is 0 Å². The number of halogens is 1. The van der Waals surface area contributed by atoms with E-state index in [1.165, 1.54) is 12.4 Å². The Kier molecular flexibility index (Phi) is 6.28. The van der Waals surface area contributed by atoms with Gasteiger partial charge in [0.05, 0.1) is 11.9 Å². The predicted molar refractivity (Wildman–Crippen MR) is 143 cm³/mol. The van der Waals surface area contributed by atoms with Gasteiger partial charge < -0.3 is 30.2 Å². The minimum atomic E-state index is -0.533. The topological polar surface area (TPSA) is 111 Å². The third-order valence-electron chi connectivity index (χ3n) is 6.86. The summed E-state index contributed by atoms with van der Waals surface area (Å²) in [6.45, 7) is 5.73. The van der Waals surface area contributed by atoms with Crippen molar-refractivity contribution < 1.29 is 13.9 Å². The largest absolute Gasteiger partial charge is 0.435 e. The van der Waals surface area contributed by atoms with E-state index >= 15 is 4.39 Å². The molecule has 0 unspecified atom stereocenters. The molecule has 2 fully saturated rings. The number of carbonyl (C=O) groups is 1. The molecule has 3 aromatic heterocycles. The van der Waals surface area contributed by atoms with Crippen LogP contribution in [0.4, 0.5) is 21.7 Å². The van der Waals surface area contributed by atoms with Crippen LogP contribution in [0, 0.1) is 12.7 Å². The van der Waals surface area contributed by atoms with E-state index in [4.69, 9.17) is 4.74 Å². The van der Waals surface area contributed by atoms with E-state index in [9.17, 15) is 4.79 Å². The highest BCUT2D eigenvalue weighted by Gasteiger charge is 2.29. The van der Waals surface area contributed by atoms with E-state index in [0.29, 0.717) is 16.7 Å². The van der Waals surface area contributed by atoms with Crippen molar-refractivity contribution in [3.8, 4) is 11.6 Å². The van der Waals surface area contributed by atoms with Crippen LogP contribution in [0.5, 0.6) is 11.6 Å². The summed E-state index contributed by atoms with van der Waals surface area (Å²) in [5.74, 6) is -0.250. The number of pyridine rings is 1. The van der Waals surface area contributed by atoms with Crippen LogP contribution in [-0.4, -0.2) is 70.0 Å². The summed E-state index contributed by atoms with van der Waals surface area (Å²) in [4.78, 5) is 34.0. The van der Waals surface area contributed by atoms with Crippen molar-refractivity contribution in [1.29, 1.82) is 0 Å². The molecule has 11 heteroatoms. The second-order valence-electron chi connectivity index (χ2n) is 9.86. The van der Waals surface area contributed by atoms with Crippen molar-refractivity contribution in [3.63, 3.8) is 0 Å². The Morgan fingerprint density at radius 2 is 1.92 bits per heavy atom. The van der Waals surface area contributed by atoms with Crippen LogP contribution in [0.3, 0.4) is 0 Å². The van der Waals surface area contributed by atoms with Gasteiger partial charge in [0.2, 0.25) is 5.88 Å². The maximum atomic E-state index is 15.3. The second-order valence-corrected chi connectivity index (χ2v) is 9.86. The first-order valence-corrected chi connectivity index (χ1v) is 12.7. The SMILES string of the molecule is Cc1cc2c(F)c(Oc3ncnc(Nc4ccc(N5CCN(C)CC5)cn4)c3C(=O)NC3CC3)ccc2[nH]1. The molecule has 10 nitrogen and oxygen atoms in total. The highest BCUT2D eigenvalue weighted by molar-refractivity contribution is 6.01. The Hall–Kier alpha value is -4.25. The molecule has 1 aromatic carbocycles. The van der Waals surface area contributed by atoms with E-state index in [-0.39, 0.29) is 29.1 Å². The molecule has 1 saturated heterocycles. The molecule has 3 N–H and O–H groups in total. The molecule has 4 aromatic rings. The number of anilines is 3. The number of benzene rings is 1. The number of rotatable bonds is 7. The van der Waals surface area contributed by atoms with E-state index in [0.717, 1.165) is 50.4 Å². The van der Waals surface area contributed by atoms with Crippen LogP contribution in [-0.2, 0) is 0 Å². The van der Waals surface area contributed by atoms with Gasteiger partial charge in [0.25, 0.3) is 5.91 Å². The van der Waals surface area contributed by atoms with Gasteiger partial charge in [0.1, 0.15) is 17.7 Å². The zero-order chi connectivity index (χ0) is 26.2. The number of fused-ring (bicyclic) bond motifs is 1. The average Bonchev–Trinajstić information content (AvgIpc) is 3.64. The Bertz CT molecular complexity index is 1480. The third-order valence-corrected chi connectivity index (χ3v) is 6.86. The predicted octanol–water partition coefficient (Wildman–Crippen LogP) is 3.98. The number of ether oxygens (including phenoxy) is 1. The summed E-state index contributed by atoms with van der Waals surface area (Å²) in [6.07, 6.45) is 4.90. The van der Waals surface area contributed by atoms with Crippen LogP contribution in [0.25, 0.3) is 10.9 Å². The lowest BCUT2D eigenvalue weighted by Gasteiger charge is -2.33. The maximum absolute atomic E-state index is 15.3. The Labute approximate surface area is 219 Å². The lowest BCUT2D eigenvalue weighted by molar-refractivity contribution is 0.0948. The van der Waals surface area contributed by atoms with Crippen LogP contribution in [0.15, 0.2) is 42.9 Å². The number of carbonyl (C=O) groups excluding carboxylic acids is 1. The van der Waals surface area contributed by atoms with Crippen molar-refractivity contribution in [2.24, 2.45) is 0 Å². The van der Waals surface area contributed by atoms with Gasteiger partial charge >= 0.3 is 0 Å². The molecule has 0 atom stereocenters. The first kappa shape index (κ1) is 24.1.